The van der Waals surface area contributed by atoms with Crippen LogP contribution in [-0.4, -0.2) is 7.11 Å². The van der Waals surface area contributed by atoms with E-state index >= 15 is 0 Å². The predicted molar refractivity (Wildman–Crippen MR) is 87.5 cm³/mol. The minimum absolute atomic E-state index is 0.147. The number of ether oxygens (including phenoxy) is 1. The monoisotopic (exact) mass is 353 g/mol. The van der Waals surface area contributed by atoms with Gasteiger partial charge in [-0.3, -0.25) is 0 Å². The summed E-state index contributed by atoms with van der Waals surface area (Å²) in [5.74, 6) is 0.825. The maximum absolute atomic E-state index is 6.34. The number of methoxy groups -OCH3 is 1. The second kappa shape index (κ2) is 6.61. The molecular weight excluding hydrogens is 338 g/mol. The van der Waals surface area contributed by atoms with Gasteiger partial charge in [0.15, 0.2) is 0 Å². The van der Waals surface area contributed by atoms with Gasteiger partial charge in [-0.1, -0.05) is 45.7 Å². The van der Waals surface area contributed by atoms with Crippen LogP contribution in [0.4, 0.5) is 0 Å². The van der Waals surface area contributed by atoms with E-state index in [1.165, 1.54) is 0 Å². The zero-order valence-corrected chi connectivity index (χ0v) is 13.8. The number of hydrogen-bond donors (Lipinski definition) is 1. The van der Waals surface area contributed by atoms with Crippen LogP contribution < -0.4 is 10.5 Å². The SMILES string of the molecule is COc1ccc(Br)c(CC(N)c2cccc(C)c2Cl)c1. The van der Waals surface area contributed by atoms with Crippen LogP contribution >= 0.6 is 27.5 Å². The summed E-state index contributed by atoms with van der Waals surface area (Å²) in [4.78, 5) is 0. The van der Waals surface area contributed by atoms with Crippen LogP contribution in [0.1, 0.15) is 22.7 Å². The molecule has 0 saturated carbocycles. The molecule has 2 N–H and O–H groups in total. The lowest BCUT2D eigenvalue weighted by Gasteiger charge is -2.16. The second-order valence-electron chi connectivity index (χ2n) is 4.75. The van der Waals surface area contributed by atoms with E-state index in [0.717, 1.165) is 31.9 Å². The Morgan fingerprint density at radius 1 is 1.30 bits per heavy atom. The molecule has 0 spiro atoms. The molecule has 0 radical (unpaired) electrons. The molecule has 4 heteroatoms. The zero-order valence-electron chi connectivity index (χ0n) is 11.5. The highest BCUT2D eigenvalue weighted by molar-refractivity contribution is 9.10. The van der Waals surface area contributed by atoms with Crippen LogP contribution in [0.5, 0.6) is 5.75 Å². The Labute approximate surface area is 133 Å². The number of hydrogen-bond acceptors (Lipinski definition) is 2. The number of halogens is 2. The number of nitrogens with two attached hydrogens (primary N) is 1. The molecule has 20 heavy (non-hydrogen) atoms. The summed E-state index contributed by atoms with van der Waals surface area (Å²) in [7, 11) is 1.66. The molecule has 1 atom stereocenters. The Kier molecular flexibility index (Phi) is 5.08. The van der Waals surface area contributed by atoms with Crippen molar-refractivity contribution in [3.8, 4) is 5.75 Å². The fourth-order valence-electron chi connectivity index (χ4n) is 2.14. The molecule has 106 valence electrons. The van der Waals surface area contributed by atoms with Crippen molar-refractivity contribution in [1.29, 1.82) is 0 Å². The lowest BCUT2D eigenvalue weighted by Crippen LogP contribution is -2.14. The van der Waals surface area contributed by atoms with Crippen LogP contribution in [0.15, 0.2) is 40.9 Å². The Bertz CT molecular complexity index is 615. The van der Waals surface area contributed by atoms with E-state index in [1.54, 1.807) is 7.11 Å². The summed E-state index contributed by atoms with van der Waals surface area (Å²) in [6.45, 7) is 1.99. The third-order valence-electron chi connectivity index (χ3n) is 3.31. The maximum Gasteiger partial charge on any atom is 0.119 e. The summed E-state index contributed by atoms with van der Waals surface area (Å²) in [6.07, 6.45) is 0.695. The molecule has 0 fully saturated rings. The predicted octanol–water partition coefficient (Wildman–Crippen LogP) is 4.66. The lowest BCUT2D eigenvalue weighted by atomic mass is 9.98. The maximum atomic E-state index is 6.34. The van der Waals surface area contributed by atoms with Crippen molar-refractivity contribution in [3.05, 3.63) is 62.6 Å². The molecule has 2 aromatic carbocycles. The fourth-order valence-corrected chi connectivity index (χ4v) is 2.81. The van der Waals surface area contributed by atoms with Gasteiger partial charge in [0, 0.05) is 15.5 Å². The lowest BCUT2D eigenvalue weighted by molar-refractivity contribution is 0.414. The van der Waals surface area contributed by atoms with Crippen molar-refractivity contribution in [2.24, 2.45) is 5.73 Å². The van der Waals surface area contributed by atoms with Crippen molar-refractivity contribution in [3.63, 3.8) is 0 Å². The molecular formula is C16H17BrClNO. The van der Waals surface area contributed by atoms with Gasteiger partial charge >= 0.3 is 0 Å². The topological polar surface area (TPSA) is 35.2 Å². The minimum Gasteiger partial charge on any atom is -0.497 e. The largest absolute Gasteiger partial charge is 0.497 e. The zero-order chi connectivity index (χ0) is 14.7. The highest BCUT2D eigenvalue weighted by Crippen LogP contribution is 2.30. The van der Waals surface area contributed by atoms with Gasteiger partial charge < -0.3 is 10.5 Å². The summed E-state index contributed by atoms with van der Waals surface area (Å²) >= 11 is 9.89. The van der Waals surface area contributed by atoms with Gasteiger partial charge in [-0.15, -0.1) is 0 Å². The molecule has 0 amide bonds. The van der Waals surface area contributed by atoms with Crippen LogP contribution in [0, 0.1) is 6.92 Å². The molecule has 0 aromatic heterocycles. The van der Waals surface area contributed by atoms with E-state index in [9.17, 15) is 0 Å². The molecule has 0 heterocycles. The standard InChI is InChI=1S/C16H17BrClNO/c1-10-4-3-5-13(16(10)18)15(19)9-11-8-12(20-2)6-7-14(11)17/h3-8,15H,9,19H2,1-2H3. The molecule has 0 saturated heterocycles. The average molecular weight is 355 g/mol. The number of aryl methyl sites for hydroxylation is 1. The second-order valence-corrected chi connectivity index (χ2v) is 5.98. The Balaban J connectivity index is 2.27. The molecule has 1 unspecified atom stereocenters. The third-order valence-corrected chi connectivity index (χ3v) is 4.60. The first kappa shape index (κ1) is 15.4. The fraction of sp³-hybridized carbons (Fsp3) is 0.250. The van der Waals surface area contributed by atoms with Gasteiger partial charge in [-0.2, -0.15) is 0 Å². The normalized spacial score (nSPS) is 12.2. The van der Waals surface area contributed by atoms with Crippen molar-refractivity contribution < 1.29 is 4.74 Å². The highest BCUT2D eigenvalue weighted by atomic mass is 79.9. The van der Waals surface area contributed by atoms with Gasteiger partial charge in [0.05, 0.1) is 7.11 Å². The van der Waals surface area contributed by atoms with E-state index in [-0.39, 0.29) is 6.04 Å². The Morgan fingerprint density at radius 2 is 2.05 bits per heavy atom. The summed E-state index contributed by atoms with van der Waals surface area (Å²) in [5.41, 5.74) is 9.44. The molecule has 2 nitrogen and oxygen atoms in total. The average Bonchev–Trinajstić information content (AvgIpc) is 2.44. The Hall–Kier alpha value is -1.03. The van der Waals surface area contributed by atoms with Gasteiger partial charge in [0.2, 0.25) is 0 Å². The van der Waals surface area contributed by atoms with Gasteiger partial charge in [-0.05, 0) is 48.2 Å². The molecule has 0 aliphatic rings. The van der Waals surface area contributed by atoms with E-state index in [4.69, 9.17) is 22.1 Å². The summed E-state index contributed by atoms with van der Waals surface area (Å²) < 4.78 is 6.28. The highest BCUT2D eigenvalue weighted by Gasteiger charge is 2.14. The molecule has 2 rings (SSSR count). The molecule has 0 bridgehead atoms. The number of rotatable bonds is 4. The quantitative estimate of drug-likeness (QED) is 0.866. The third kappa shape index (κ3) is 3.35. The van der Waals surface area contributed by atoms with E-state index < -0.39 is 0 Å². The van der Waals surface area contributed by atoms with E-state index in [0.29, 0.717) is 6.42 Å². The first-order chi connectivity index (χ1) is 9.52. The van der Waals surface area contributed by atoms with E-state index in [2.05, 4.69) is 15.9 Å². The number of benzene rings is 2. The molecule has 2 aromatic rings. The van der Waals surface area contributed by atoms with Crippen LogP contribution in [0.3, 0.4) is 0 Å². The van der Waals surface area contributed by atoms with Crippen molar-refractivity contribution in [1.82, 2.24) is 0 Å². The summed E-state index contributed by atoms with van der Waals surface area (Å²) in [6, 6.07) is 11.7. The smallest absolute Gasteiger partial charge is 0.119 e. The first-order valence-corrected chi connectivity index (χ1v) is 7.53. The van der Waals surface area contributed by atoms with Crippen molar-refractivity contribution in [2.75, 3.05) is 7.11 Å². The van der Waals surface area contributed by atoms with Crippen LogP contribution in [0.25, 0.3) is 0 Å². The summed E-state index contributed by atoms with van der Waals surface area (Å²) in [5, 5.41) is 0.749. The first-order valence-electron chi connectivity index (χ1n) is 6.36. The van der Waals surface area contributed by atoms with Crippen LogP contribution in [-0.2, 0) is 6.42 Å². The van der Waals surface area contributed by atoms with Gasteiger partial charge in [-0.25, -0.2) is 0 Å². The van der Waals surface area contributed by atoms with Gasteiger partial charge in [0.25, 0.3) is 0 Å². The van der Waals surface area contributed by atoms with Crippen molar-refractivity contribution in [2.45, 2.75) is 19.4 Å². The van der Waals surface area contributed by atoms with Crippen molar-refractivity contribution >= 4 is 27.5 Å². The molecule has 0 aliphatic carbocycles. The Morgan fingerprint density at radius 3 is 2.75 bits per heavy atom. The van der Waals surface area contributed by atoms with E-state index in [1.807, 2.05) is 43.3 Å². The van der Waals surface area contributed by atoms with Gasteiger partial charge in [0.1, 0.15) is 5.75 Å². The molecule has 0 aliphatic heterocycles. The minimum atomic E-state index is -0.147. The van der Waals surface area contributed by atoms with Crippen LogP contribution in [0.2, 0.25) is 5.02 Å².